The van der Waals surface area contributed by atoms with Gasteiger partial charge in [-0.05, 0) is 17.7 Å². The van der Waals surface area contributed by atoms with Crippen molar-refractivity contribution >= 4 is 5.97 Å². The first-order valence-electron chi connectivity index (χ1n) is 6.21. The minimum Gasteiger partial charge on any atom is -0.497 e. The molecule has 1 aromatic rings. The Balaban J connectivity index is 2.05. The molecule has 1 N–H and O–H groups in total. The van der Waals surface area contributed by atoms with Gasteiger partial charge in [-0.25, -0.2) is 0 Å². The maximum Gasteiger partial charge on any atom is 0.302 e. The molecule has 0 saturated carbocycles. The van der Waals surface area contributed by atoms with Gasteiger partial charge in [-0.3, -0.25) is 4.79 Å². The van der Waals surface area contributed by atoms with Gasteiger partial charge in [0.2, 0.25) is 0 Å². The molecular formula is C14H18O5. The van der Waals surface area contributed by atoms with E-state index in [-0.39, 0.29) is 18.7 Å². The number of aliphatic hydroxyl groups is 1. The molecule has 0 aliphatic carbocycles. The van der Waals surface area contributed by atoms with E-state index in [0.29, 0.717) is 6.42 Å². The first kappa shape index (κ1) is 13.8. The molecule has 0 unspecified atom stereocenters. The van der Waals surface area contributed by atoms with E-state index in [1.807, 2.05) is 24.3 Å². The third kappa shape index (κ3) is 3.45. The average molecular weight is 266 g/mol. The lowest BCUT2D eigenvalue weighted by atomic mass is 9.97. The fourth-order valence-electron chi connectivity index (χ4n) is 2.15. The topological polar surface area (TPSA) is 65.0 Å². The van der Waals surface area contributed by atoms with E-state index in [2.05, 4.69) is 0 Å². The summed E-state index contributed by atoms with van der Waals surface area (Å²) in [5.41, 5.74) is 0.977. The van der Waals surface area contributed by atoms with E-state index in [1.165, 1.54) is 6.92 Å². The van der Waals surface area contributed by atoms with Crippen molar-refractivity contribution in [2.45, 2.75) is 31.7 Å². The lowest BCUT2D eigenvalue weighted by molar-refractivity contribution is -0.171. The molecule has 104 valence electrons. The highest BCUT2D eigenvalue weighted by Gasteiger charge is 2.32. The van der Waals surface area contributed by atoms with Crippen LogP contribution in [0.3, 0.4) is 0 Å². The molecule has 1 fully saturated rings. The van der Waals surface area contributed by atoms with Gasteiger partial charge in [0.1, 0.15) is 18.0 Å². The first-order chi connectivity index (χ1) is 9.10. The van der Waals surface area contributed by atoms with Gasteiger partial charge < -0.3 is 19.3 Å². The van der Waals surface area contributed by atoms with Gasteiger partial charge in [0, 0.05) is 13.3 Å². The fourth-order valence-corrected chi connectivity index (χ4v) is 2.15. The lowest BCUT2D eigenvalue weighted by Crippen LogP contribution is -2.40. The van der Waals surface area contributed by atoms with Crippen molar-refractivity contribution in [3.63, 3.8) is 0 Å². The number of hydrogen-bond donors (Lipinski definition) is 1. The van der Waals surface area contributed by atoms with Crippen LogP contribution >= 0.6 is 0 Å². The van der Waals surface area contributed by atoms with E-state index >= 15 is 0 Å². The molecule has 5 nitrogen and oxygen atoms in total. The molecule has 0 amide bonds. The van der Waals surface area contributed by atoms with Crippen LogP contribution in [0.1, 0.15) is 25.0 Å². The molecule has 1 aliphatic rings. The van der Waals surface area contributed by atoms with E-state index in [1.54, 1.807) is 7.11 Å². The predicted molar refractivity (Wildman–Crippen MR) is 67.9 cm³/mol. The second-order valence-electron chi connectivity index (χ2n) is 4.55. The molecule has 1 aromatic carbocycles. The summed E-state index contributed by atoms with van der Waals surface area (Å²) >= 11 is 0. The van der Waals surface area contributed by atoms with Gasteiger partial charge in [-0.1, -0.05) is 12.1 Å². The normalized spacial score (nSPS) is 26.8. The Bertz CT molecular complexity index is 428. The molecule has 1 aliphatic heterocycles. The summed E-state index contributed by atoms with van der Waals surface area (Å²) in [5, 5.41) is 9.74. The van der Waals surface area contributed by atoms with Crippen LogP contribution in [0.2, 0.25) is 0 Å². The van der Waals surface area contributed by atoms with Crippen molar-refractivity contribution in [1.29, 1.82) is 0 Å². The highest BCUT2D eigenvalue weighted by Crippen LogP contribution is 2.30. The number of carbonyl (C=O) groups excluding carboxylic acids is 1. The van der Waals surface area contributed by atoms with E-state index < -0.39 is 12.2 Å². The third-order valence-corrected chi connectivity index (χ3v) is 3.15. The molecule has 2 rings (SSSR count). The molecular weight excluding hydrogens is 248 g/mol. The zero-order valence-electron chi connectivity index (χ0n) is 11.0. The van der Waals surface area contributed by atoms with Crippen LogP contribution < -0.4 is 4.74 Å². The summed E-state index contributed by atoms with van der Waals surface area (Å²) in [4.78, 5) is 11.0. The first-order valence-corrected chi connectivity index (χ1v) is 6.21. The summed E-state index contributed by atoms with van der Waals surface area (Å²) in [5.74, 6) is 0.385. The summed E-state index contributed by atoms with van der Waals surface area (Å²) < 4.78 is 15.8. The SMILES string of the molecule is COc1ccc([C@@H]2C[C@@H](OC(C)=O)[C@H](O)CO2)cc1. The van der Waals surface area contributed by atoms with Gasteiger partial charge in [0.15, 0.2) is 0 Å². The third-order valence-electron chi connectivity index (χ3n) is 3.15. The average Bonchev–Trinajstić information content (AvgIpc) is 2.41. The van der Waals surface area contributed by atoms with Crippen LogP contribution in [-0.2, 0) is 14.3 Å². The summed E-state index contributed by atoms with van der Waals surface area (Å²) in [6.45, 7) is 1.50. The molecule has 0 radical (unpaired) electrons. The van der Waals surface area contributed by atoms with Crippen LogP contribution in [0, 0.1) is 0 Å². The Hall–Kier alpha value is -1.59. The number of ether oxygens (including phenoxy) is 3. The van der Waals surface area contributed by atoms with Crippen molar-refractivity contribution in [3.05, 3.63) is 29.8 Å². The van der Waals surface area contributed by atoms with E-state index in [0.717, 1.165) is 11.3 Å². The number of benzene rings is 1. The highest BCUT2D eigenvalue weighted by atomic mass is 16.6. The molecule has 1 saturated heterocycles. The number of esters is 1. The molecule has 5 heteroatoms. The fraction of sp³-hybridized carbons (Fsp3) is 0.500. The van der Waals surface area contributed by atoms with Crippen LogP contribution in [0.4, 0.5) is 0 Å². The van der Waals surface area contributed by atoms with Crippen molar-refractivity contribution in [1.82, 2.24) is 0 Å². The molecule has 3 atom stereocenters. The number of hydrogen-bond acceptors (Lipinski definition) is 5. The Kier molecular flexibility index (Phi) is 4.39. The minimum absolute atomic E-state index is 0.161. The Labute approximate surface area is 112 Å². The van der Waals surface area contributed by atoms with Crippen LogP contribution in [-0.4, -0.2) is 37.0 Å². The van der Waals surface area contributed by atoms with Crippen molar-refractivity contribution in [3.8, 4) is 5.75 Å². The quantitative estimate of drug-likeness (QED) is 0.839. The van der Waals surface area contributed by atoms with Crippen LogP contribution in [0.15, 0.2) is 24.3 Å². The smallest absolute Gasteiger partial charge is 0.302 e. The maximum atomic E-state index is 11.0. The number of methoxy groups -OCH3 is 1. The Morgan fingerprint density at radius 1 is 1.37 bits per heavy atom. The maximum absolute atomic E-state index is 11.0. The van der Waals surface area contributed by atoms with Gasteiger partial charge in [0.25, 0.3) is 0 Å². The highest BCUT2D eigenvalue weighted by molar-refractivity contribution is 5.66. The number of carbonyl (C=O) groups is 1. The largest absolute Gasteiger partial charge is 0.497 e. The van der Waals surface area contributed by atoms with E-state index in [9.17, 15) is 9.90 Å². The monoisotopic (exact) mass is 266 g/mol. The predicted octanol–water partition coefficient (Wildman–Crippen LogP) is 1.45. The number of rotatable bonds is 3. The molecule has 0 spiro atoms. The van der Waals surface area contributed by atoms with Crippen molar-refractivity contribution in [2.24, 2.45) is 0 Å². The lowest BCUT2D eigenvalue weighted by Gasteiger charge is -2.33. The van der Waals surface area contributed by atoms with Gasteiger partial charge >= 0.3 is 5.97 Å². The van der Waals surface area contributed by atoms with Crippen LogP contribution in [0.5, 0.6) is 5.75 Å². The van der Waals surface area contributed by atoms with Crippen molar-refractivity contribution in [2.75, 3.05) is 13.7 Å². The standard InChI is InChI=1S/C14H18O5/c1-9(15)19-14-7-13(18-8-12(14)16)10-3-5-11(17-2)6-4-10/h3-6,12-14,16H,7-8H2,1-2H3/t12-,13+,14-/m1/s1. The molecule has 0 aromatic heterocycles. The second kappa shape index (κ2) is 6.04. The molecule has 1 heterocycles. The van der Waals surface area contributed by atoms with E-state index in [4.69, 9.17) is 14.2 Å². The zero-order valence-corrected chi connectivity index (χ0v) is 11.0. The zero-order chi connectivity index (χ0) is 13.8. The van der Waals surface area contributed by atoms with Gasteiger partial charge in [0.05, 0.1) is 19.8 Å². The summed E-state index contributed by atoms with van der Waals surface area (Å²) in [7, 11) is 1.61. The van der Waals surface area contributed by atoms with Gasteiger partial charge in [-0.2, -0.15) is 0 Å². The Morgan fingerprint density at radius 3 is 2.63 bits per heavy atom. The molecule has 0 bridgehead atoms. The summed E-state index contributed by atoms with van der Waals surface area (Å²) in [6, 6.07) is 7.52. The Morgan fingerprint density at radius 2 is 2.05 bits per heavy atom. The van der Waals surface area contributed by atoms with Gasteiger partial charge in [-0.15, -0.1) is 0 Å². The summed E-state index contributed by atoms with van der Waals surface area (Å²) in [6.07, 6.45) is -1.01. The minimum atomic E-state index is -0.765. The second-order valence-corrected chi connectivity index (χ2v) is 4.55. The van der Waals surface area contributed by atoms with Crippen LogP contribution in [0.25, 0.3) is 0 Å². The number of aliphatic hydroxyl groups excluding tert-OH is 1. The molecule has 19 heavy (non-hydrogen) atoms. The van der Waals surface area contributed by atoms with Crippen molar-refractivity contribution < 1.29 is 24.1 Å².